The maximum absolute atomic E-state index is 6.15. The molecule has 2 rings (SSSR count). The van der Waals surface area contributed by atoms with Crippen molar-refractivity contribution in [3.63, 3.8) is 0 Å². The van der Waals surface area contributed by atoms with Gasteiger partial charge in [-0.3, -0.25) is 0 Å². The molecule has 0 fully saturated rings. The first kappa shape index (κ1) is 13.4. The number of nitrogens with two attached hydrogens (primary N) is 1. The van der Waals surface area contributed by atoms with E-state index in [9.17, 15) is 0 Å². The molecule has 2 nitrogen and oxygen atoms in total. The van der Waals surface area contributed by atoms with E-state index in [-0.39, 0.29) is 0 Å². The molecule has 1 aromatic carbocycles. The van der Waals surface area contributed by atoms with Gasteiger partial charge < -0.3 is 10.5 Å². The standard InChI is InChI=1S/C14H16ClNOS/c15-13-2-1-3-14(12(13)4-7-16)17-8-5-11-6-9-18-10-11/h1-3,6,9-10H,4-5,7-8,16H2. The van der Waals surface area contributed by atoms with E-state index in [0.29, 0.717) is 13.2 Å². The lowest BCUT2D eigenvalue weighted by molar-refractivity contribution is 0.319. The number of halogens is 1. The molecule has 1 aromatic heterocycles. The molecular weight excluding hydrogens is 266 g/mol. The molecule has 0 saturated heterocycles. The molecule has 1 heterocycles. The summed E-state index contributed by atoms with van der Waals surface area (Å²) < 4.78 is 5.81. The molecule has 0 amide bonds. The molecule has 2 aromatic rings. The van der Waals surface area contributed by atoms with E-state index in [1.54, 1.807) is 11.3 Å². The highest BCUT2D eigenvalue weighted by Gasteiger charge is 2.07. The van der Waals surface area contributed by atoms with E-state index in [1.807, 2.05) is 18.2 Å². The van der Waals surface area contributed by atoms with Gasteiger partial charge in [-0.05, 0) is 47.5 Å². The van der Waals surface area contributed by atoms with Crippen molar-refractivity contribution >= 4 is 22.9 Å². The van der Waals surface area contributed by atoms with Crippen molar-refractivity contribution in [2.45, 2.75) is 12.8 Å². The van der Waals surface area contributed by atoms with E-state index in [2.05, 4.69) is 16.8 Å². The highest BCUT2D eigenvalue weighted by atomic mass is 35.5. The lowest BCUT2D eigenvalue weighted by atomic mass is 10.1. The zero-order chi connectivity index (χ0) is 12.8. The van der Waals surface area contributed by atoms with Gasteiger partial charge in [-0.25, -0.2) is 0 Å². The number of benzene rings is 1. The maximum Gasteiger partial charge on any atom is 0.124 e. The van der Waals surface area contributed by atoms with E-state index < -0.39 is 0 Å². The second-order valence-electron chi connectivity index (χ2n) is 3.99. The van der Waals surface area contributed by atoms with Gasteiger partial charge in [0, 0.05) is 17.0 Å². The van der Waals surface area contributed by atoms with Crippen LogP contribution in [-0.2, 0) is 12.8 Å². The predicted octanol–water partition coefficient (Wildman–Crippen LogP) is 3.52. The molecule has 18 heavy (non-hydrogen) atoms. The number of ether oxygens (including phenoxy) is 1. The van der Waals surface area contributed by atoms with Gasteiger partial charge in [0.1, 0.15) is 5.75 Å². The Morgan fingerprint density at radius 3 is 2.83 bits per heavy atom. The Balaban J connectivity index is 1.98. The maximum atomic E-state index is 6.15. The van der Waals surface area contributed by atoms with Crippen LogP contribution in [0.4, 0.5) is 0 Å². The van der Waals surface area contributed by atoms with Crippen molar-refractivity contribution < 1.29 is 4.74 Å². The first-order valence-corrected chi connectivity index (χ1v) is 7.24. The summed E-state index contributed by atoms with van der Waals surface area (Å²) in [5.41, 5.74) is 7.91. The molecule has 4 heteroatoms. The van der Waals surface area contributed by atoms with Gasteiger partial charge in [-0.2, -0.15) is 11.3 Å². The Bertz CT molecular complexity index is 485. The molecule has 0 aliphatic heterocycles. The molecule has 0 radical (unpaired) electrons. The molecule has 0 aliphatic rings. The highest BCUT2D eigenvalue weighted by molar-refractivity contribution is 7.07. The van der Waals surface area contributed by atoms with Crippen molar-refractivity contribution in [2.75, 3.05) is 13.2 Å². The molecule has 96 valence electrons. The number of hydrogen-bond donors (Lipinski definition) is 1. The topological polar surface area (TPSA) is 35.2 Å². The van der Waals surface area contributed by atoms with Gasteiger partial charge in [-0.15, -0.1) is 0 Å². The van der Waals surface area contributed by atoms with Crippen LogP contribution in [0.1, 0.15) is 11.1 Å². The van der Waals surface area contributed by atoms with E-state index in [4.69, 9.17) is 22.1 Å². The summed E-state index contributed by atoms with van der Waals surface area (Å²) in [4.78, 5) is 0. The van der Waals surface area contributed by atoms with Crippen LogP contribution >= 0.6 is 22.9 Å². The van der Waals surface area contributed by atoms with Crippen molar-refractivity contribution in [3.05, 3.63) is 51.2 Å². The molecule has 0 spiro atoms. The third-order valence-corrected chi connectivity index (χ3v) is 3.78. The summed E-state index contributed by atoms with van der Waals surface area (Å²) in [6, 6.07) is 7.85. The van der Waals surface area contributed by atoms with Gasteiger partial charge >= 0.3 is 0 Å². The van der Waals surface area contributed by atoms with Crippen LogP contribution in [0, 0.1) is 0 Å². The van der Waals surface area contributed by atoms with Crippen LogP contribution in [0.5, 0.6) is 5.75 Å². The lowest BCUT2D eigenvalue weighted by Crippen LogP contribution is -2.07. The molecule has 0 atom stereocenters. The first-order chi connectivity index (χ1) is 8.81. The monoisotopic (exact) mass is 281 g/mol. The third kappa shape index (κ3) is 3.48. The minimum atomic E-state index is 0.574. The fraction of sp³-hybridized carbons (Fsp3) is 0.286. The Labute approximate surface area is 116 Å². The largest absolute Gasteiger partial charge is 0.493 e. The predicted molar refractivity (Wildman–Crippen MR) is 77.7 cm³/mol. The minimum absolute atomic E-state index is 0.574. The van der Waals surface area contributed by atoms with Crippen molar-refractivity contribution in [3.8, 4) is 5.75 Å². The Morgan fingerprint density at radius 2 is 2.11 bits per heavy atom. The molecule has 0 saturated carbocycles. The zero-order valence-electron chi connectivity index (χ0n) is 10.1. The quantitative estimate of drug-likeness (QED) is 0.879. The zero-order valence-corrected chi connectivity index (χ0v) is 11.6. The van der Waals surface area contributed by atoms with Crippen molar-refractivity contribution in [2.24, 2.45) is 5.73 Å². The van der Waals surface area contributed by atoms with Crippen molar-refractivity contribution in [1.29, 1.82) is 0 Å². The van der Waals surface area contributed by atoms with Crippen LogP contribution in [0.15, 0.2) is 35.0 Å². The van der Waals surface area contributed by atoms with Crippen LogP contribution < -0.4 is 10.5 Å². The average molecular weight is 282 g/mol. The smallest absolute Gasteiger partial charge is 0.124 e. The molecular formula is C14H16ClNOS. The molecule has 0 aliphatic carbocycles. The second kappa shape index (κ2) is 6.78. The van der Waals surface area contributed by atoms with Crippen LogP contribution in [0.3, 0.4) is 0 Å². The SMILES string of the molecule is NCCc1c(Cl)cccc1OCCc1ccsc1. The summed E-state index contributed by atoms with van der Waals surface area (Å²) in [5, 5.41) is 4.95. The fourth-order valence-electron chi connectivity index (χ4n) is 1.77. The normalized spacial score (nSPS) is 10.6. The third-order valence-electron chi connectivity index (χ3n) is 2.70. The van der Waals surface area contributed by atoms with Crippen LogP contribution in [-0.4, -0.2) is 13.2 Å². The Hall–Kier alpha value is -1.03. The summed E-state index contributed by atoms with van der Waals surface area (Å²) in [6.45, 7) is 1.24. The summed E-state index contributed by atoms with van der Waals surface area (Å²) in [5.74, 6) is 0.850. The van der Waals surface area contributed by atoms with E-state index >= 15 is 0 Å². The lowest BCUT2D eigenvalue weighted by Gasteiger charge is -2.12. The molecule has 0 unspecified atom stereocenters. The van der Waals surface area contributed by atoms with Gasteiger partial charge in [0.15, 0.2) is 0 Å². The highest BCUT2D eigenvalue weighted by Crippen LogP contribution is 2.26. The number of rotatable bonds is 6. The summed E-state index contributed by atoms with van der Waals surface area (Å²) >= 11 is 7.86. The van der Waals surface area contributed by atoms with E-state index in [0.717, 1.165) is 29.2 Å². The summed E-state index contributed by atoms with van der Waals surface area (Å²) in [6.07, 6.45) is 1.66. The first-order valence-electron chi connectivity index (χ1n) is 5.92. The van der Waals surface area contributed by atoms with Crippen LogP contribution in [0.25, 0.3) is 0 Å². The average Bonchev–Trinajstić information content (AvgIpc) is 2.86. The minimum Gasteiger partial charge on any atom is -0.493 e. The molecule has 2 N–H and O–H groups in total. The van der Waals surface area contributed by atoms with E-state index in [1.165, 1.54) is 5.56 Å². The fourth-order valence-corrected chi connectivity index (χ4v) is 2.74. The van der Waals surface area contributed by atoms with Gasteiger partial charge in [0.05, 0.1) is 6.61 Å². The Morgan fingerprint density at radius 1 is 1.22 bits per heavy atom. The summed E-state index contributed by atoms with van der Waals surface area (Å²) in [7, 11) is 0. The second-order valence-corrected chi connectivity index (χ2v) is 5.17. The van der Waals surface area contributed by atoms with Gasteiger partial charge in [0.25, 0.3) is 0 Å². The van der Waals surface area contributed by atoms with Crippen molar-refractivity contribution in [1.82, 2.24) is 0 Å². The number of hydrogen-bond acceptors (Lipinski definition) is 3. The number of thiophene rings is 1. The van der Waals surface area contributed by atoms with Gasteiger partial charge in [0.2, 0.25) is 0 Å². The van der Waals surface area contributed by atoms with Crippen LogP contribution in [0.2, 0.25) is 5.02 Å². The molecule has 0 bridgehead atoms. The Kier molecular flexibility index (Phi) is 5.05. The van der Waals surface area contributed by atoms with Gasteiger partial charge in [-0.1, -0.05) is 17.7 Å².